The number of aliphatic hydroxyl groups is 1. The van der Waals surface area contributed by atoms with Gasteiger partial charge in [-0.3, -0.25) is 9.69 Å². The minimum absolute atomic E-state index is 0.207. The third-order valence-electron chi connectivity index (χ3n) is 4.13. The van der Waals surface area contributed by atoms with Gasteiger partial charge in [0.1, 0.15) is 5.78 Å². The fraction of sp³-hybridized carbons (Fsp3) is 0.923. The van der Waals surface area contributed by atoms with Crippen molar-refractivity contribution in [2.75, 3.05) is 19.6 Å². The topological polar surface area (TPSA) is 40.5 Å². The number of rotatable bonds is 3. The Morgan fingerprint density at radius 3 is 2.69 bits per heavy atom. The molecule has 0 amide bonds. The summed E-state index contributed by atoms with van der Waals surface area (Å²) >= 11 is 0. The highest BCUT2D eigenvalue weighted by molar-refractivity contribution is 5.78. The smallest absolute Gasteiger partial charge is 0.134 e. The first kappa shape index (κ1) is 12.1. The highest BCUT2D eigenvalue weighted by Gasteiger charge is 2.34. The van der Waals surface area contributed by atoms with Crippen LogP contribution in [0.25, 0.3) is 0 Å². The number of hydrogen-bond acceptors (Lipinski definition) is 3. The largest absolute Gasteiger partial charge is 0.389 e. The van der Waals surface area contributed by atoms with Crippen LogP contribution in [-0.2, 0) is 4.79 Å². The van der Waals surface area contributed by atoms with Gasteiger partial charge in [0.2, 0.25) is 0 Å². The van der Waals surface area contributed by atoms with E-state index in [1.165, 1.54) is 0 Å². The van der Waals surface area contributed by atoms with Crippen LogP contribution in [0.2, 0.25) is 0 Å². The molecule has 1 saturated heterocycles. The maximum atomic E-state index is 11.4. The van der Waals surface area contributed by atoms with Gasteiger partial charge in [-0.2, -0.15) is 0 Å². The minimum atomic E-state index is -0.460. The lowest BCUT2D eigenvalue weighted by Gasteiger charge is -2.36. The molecule has 2 aliphatic rings. The SMILES string of the molecule is CC(=O)C1CCCN(CC2(O)CCCC2)C1. The monoisotopic (exact) mass is 225 g/mol. The number of carbonyl (C=O) groups excluding carboxylic acids is 1. The van der Waals surface area contributed by atoms with Gasteiger partial charge in [0.25, 0.3) is 0 Å². The number of β-amino-alcohol motifs (C(OH)–C–C–N with tert-alkyl or cyclic N) is 1. The molecule has 1 N–H and O–H groups in total. The Morgan fingerprint density at radius 1 is 1.38 bits per heavy atom. The maximum Gasteiger partial charge on any atom is 0.134 e. The standard InChI is InChI=1S/C13H23NO2/c1-11(15)12-5-4-8-14(9-12)10-13(16)6-2-3-7-13/h12,16H,2-10H2,1H3. The van der Waals surface area contributed by atoms with Crippen LogP contribution in [0.15, 0.2) is 0 Å². The average molecular weight is 225 g/mol. The normalized spacial score (nSPS) is 30.5. The van der Waals surface area contributed by atoms with Crippen LogP contribution in [0.3, 0.4) is 0 Å². The van der Waals surface area contributed by atoms with Gasteiger partial charge in [-0.15, -0.1) is 0 Å². The predicted molar refractivity (Wildman–Crippen MR) is 63.3 cm³/mol. The molecule has 0 bridgehead atoms. The molecule has 1 unspecified atom stereocenters. The maximum absolute atomic E-state index is 11.4. The molecule has 2 fully saturated rings. The second kappa shape index (κ2) is 4.84. The summed E-state index contributed by atoms with van der Waals surface area (Å²) in [6, 6.07) is 0. The Kier molecular flexibility index (Phi) is 3.65. The van der Waals surface area contributed by atoms with E-state index in [9.17, 15) is 9.90 Å². The van der Waals surface area contributed by atoms with E-state index in [4.69, 9.17) is 0 Å². The van der Waals surface area contributed by atoms with E-state index in [-0.39, 0.29) is 5.92 Å². The summed E-state index contributed by atoms with van der Waals surface area (Å²) in [5, 5.41) is 10.3. The fourth-order valence-corrected chi connectivity index (χ4v) is 3.14. The van der Waals surface area contributed by atoms with E-state index >= 15 is 0 Å². The van der Waals surface area contributed by atoms with Crippen LogP contribution in [0.5, 0.6) is 0 Å². The lowest BCUT2D eigenvalue weighted by Crippen LogP contribution is -2.46. The molecule has 0 aromatic rings. The fourth-order valence-electron chi connectivity index (χ4n) is 3.14. The Labute approximate surface area is 97.8 Å². The Morgan fingerprint density at radius 2 is 2.06 bits per heavy atom. The molecule has 1 heterocycles. The van der Waals surface area contributed by atoms with Crippen LogP contribution >= 0.6 is 0 Å². The van der Waals surface area contributed by atoms with Gasteiger partial charge in [0.05, 0.1) is 5.60 Å². The van der Waals surface area contributed by atoms with E-state index in [0.717, 1.165) is 58.2 Å². The summed E-state index contributed by atoms with van der Waals surface area (Å²) in [7, 11) is 0. The van der Waals surface area contributed by atoms with Crippen molar-refractivity contribution in [3.8, 4) is 0 Å². The van der Waals surface area contributed by atoms with Crippen molar-refractivity contribution in [2.24, 2.45) is 5.92 Å². The number of nitrogens with zero attached hydrogens (tertiary/aromatic N) is 1. The molecule has 0 radical (unpaired) electrons. The van der Waals surface area contributed by atoms with Gasteiger partial charge in [-0.25, -0.2) is 0 Å². The first-order valence-electron chi connectivity index (χ1n) is 6.54. The molecule has 1 aliphatic heterocycles. The van der Waals surface area contributed by atoms with E-state index in [1.807, 2.05) is 0 Å². The molecule has 1 atom stereocenters. The quantitative estimate of drug-likeness (QED) is 0.793. The van der Waals surface area contributed by atoms with Crippen LogP contribution in [0.4, 0.5) is 0 Å². The average Bonchev–Trinajstić information content (AvgIpc) is 2.65. The molecule has 2 rings (SSSR count). The van der Waals surface area contributed by atoms with Crippen molar-refractivity contribution < 1.29 is 9.90 Å². The van der Waals surface area contributed by atoms with Crippen molar-refractivity contribution in [1.29, 1.82) is 0 Å². The molecule has 92 valence electrons. The highest BCUT2D eigenvalue weighted by atomic mass is 16.3. The summed E-state index contributed by atoms with van der Waals surface area (Å²) in [6.07, 6.45) is 6.31. The van der Waals surface area contributed by atoms with Crippen molar-refractivity contribution >= 4 is 5.78 Å². The van der Waals surface area contributed by atoms with Gasteiger partial charge in [0.15, 0.2) is 0 Å². The molecule has 3 nitrogen and oxygen atoms in total. The second-order valence-corrected chi connectivity index (χ2v) is 5.62. The third kappa shape index (κ3) is 2.83. The number of carbonyl (C=O) groups is 1. The summed E-state index contributed by atoms with van der Waals surface area (Å²) in [4.78, 5) is 13.7. The molecule has 0 aromatic carbocycles. The lowest BCUT2D eigenvalue weighted by molar-refractivity contribution is -0.123. The zero-order valence-electron chi connectivity index (χ0n) is 10.2. The molecule has 1 saturated carbocycles. The molecule has 0 aromatic heterocycles. The zero-order valence-corrected chi connectivity index (χ0v) is 10.2. The Hall–Kier alpha value is -0.410. The minimum Gasteiger partial charge on any atom is -0.389 e. The molecular formula is C13H23NO2. The van der Waals surface area contributed by atoms with Crippen molar-refractivity contribution in [3.63, 3.8) is 0 Å². The van der Waals surface area contributed by atoms with Gasteiger partial charge in [-0.1, -0.05) is 12.8 Å². The predicted octanol–water partition coefficient (Wildman–Crippen LogP) is 1.59. The zero-order chi connectivity index (χ0) is 11.6. The molecule has 0 spiro atoms. The number of piperidine rings is 1. The summed E-state index contributed by atoms with van der Waals surface area (Å²) in [5.74, 6) is 0.516. The first-order valence-corrected chi connectivity index (χ1v) is 6.54. The number of ketones is 1. The number of likely N-dealkylation sites (tertiary alicyclic amines) is 1. The number of hydrogen-bond donors (Lipinski definition) is 1. The second-order valence-electron chi connectivity index (χ2n) is 5.62. The van der Waals surface area contributed by atoms with Crippen LogP contribution in [0.1, 0.15) is 45.4 Å². The van der Waals surface area contributed by atoms with Crippen molar-refractivity contribution in [3.05, 3.63) is 0 Å². The van der Waals surface area contributed by atoms with Gasteiger partial charge in [0, 0.05) is 19.0 Å². The van der Waals surface area contributed by atoms with Crippen LogP contribution in [-0.4, -0.2) is 41.0 Å². The molecule has 16 heavy (non-hydrogen) atoms. The highest BCUT2D eigenvalue weighted by Crippen LogP contribution is 2.31. The van der Waals surface area contributed by atoms with Crippen LogP contribution < -0.4 is 0 Å². The summed E-state index contributed by atoms with van der Waals surface area (Å²) < 4.78 is 0. The van der Waals surface area contributed by atoms with E-state index in [2.05, 4.69) is 4.90 Å². The molecule has 3 heteroatoms. The van der Waals surface area contributed by atoms with Crippen molar-refractivity contribution in [1.82, 2.24) is 4.90 Å². The van der Waals surface area contributed by atoms with Crippen LogP contribution in [0, 0.1) is 5.92 Å². The van der Waals surface area contributed by atoms with Gasteiger partial charge < -0.3 is 5.11 Å². The summed E-state index contributed by atoms with van der Waals surface area (Å²) in [6.45, 7) is 4.37. The third-order valence-corrected chi connectivity index (χ3v) is 4.13. The Bertz CT molecular complexity index is 259. The number of Topliss-reactive ketones (excluding diaryl/α,β-unsaturated/α-hetero) is 1. The molecule has 1 aliphatic carbocycles. The van der Waals surface area contributed by atoms with E-state index in [0.29, 0.717) is 5.78 Å². The van der Waals surface area contributed by atoms with E-state index in [1.54, 1.807) is 6.92 Å². The first-order chi connectivity index (χ1) is 7.59. The lowest BCUT2D eigenvalue weighted by atomic mass is 9.92. The van der Waals surface area contributed by atoms with E-state index < -0.39 is 5.60 Å². The van der Waals surface area contributed by atoms with Gasteiger partial charge >= 0.3 is 0 Å². The summed E-state index contributed by atoms with van der Waals surface area (Å²) in [5.41, 5.74) is -0.460. The van der Waals surface area contributed by atoms with Gasteiger partial charge in [-0.05, 0) is 39.2 Å². The molecular weight excluding hydrogens is 202 g/mol. The van der Waals surface area contributed by atoms with Crippen molar-refractivity contribution in [2.45, 2.75) is 51.0 Å². The Balaban J connectivity index is 1.87.